The summed E-state index contributed by atoms with van der Waals surface area (Å²) in [5, 5.41) is 13.5. The highest BCUT2D eigenvalue weighted by Gasteiger charge is 2.15. The number of benzene rings is 2. The quantitative estimate of drug-likeness (QED) is 0.683. The molecule has 0 heterocycles. The molecule has 2 unspecified atom stereocenters. The van der Waals surface area contributed by atoms with Gasteiger partial charge < -0.3 is 20.9 Å². The molecule has 132 valence electrons. The summed E-state index contributed by atoms with van der Waals surface area (Å²) < 4.78 is 5.54. The molecule has 0 saturated heterocycles. The molecule has 0 bridgehead atoms. The van der Waals surface area contributed by atoms with Gasteiger partial charge in [0.25, 0.3) is 0 Å². The summed E-state index contributed by atoms with van der Waals surface area (Å²) in [6.45, 7) is 5.08. The van der Waals surface area contributed by atoms with Gasteiger partial charge in [-0.2, -0.15) is 0 Å². The number of halogens is 1. The average molecular weight is 351 g/mol. The van der Waals surface area contributed by atoms with E-state index in [1.165, 1.54) is 11.1 Å². The first-order valence-electron chi connectivity index (χ1n) is 7.99. The number of hydrogen-bond acceptors (Lipinski definition) is 4. The van der Waals surface area contributed by atoms with Crippen LogP contribution in [0.3, 0.4) is 0 Å². The molecule has 2 aromatic rings. The van der Waals surface area contributed by atoms with Gasteiger partial charge in [0.2, 0.25) is 0 Å². The number of ether oxygens (including phenoxy) is 1. The van der Waals surface area contributed by atoms with Crippen LogP contribution in [0.15, 0.2) is 48.5 Å². The highest BCUT2D eigenvalue weighted by molar-refractivity contribution is 5.85. The molecule has 0 fully saturated rings. The minimum atomic E-state index is -0.685. The summed E-state index contributed by atoms with van der Waals surface area (Å²) >= 11 is 0. The van der Waals surface area contributed by atoms with E-state index in [1.807, 2.05) is 36.4 Å². The van der Waals surface area contributed by atoms with Crippen LogP contribution >= 0.6 is 12.4 Å². The van der Waals surface area contributed by atoms with Gasteiger partial charge in [0.15, 0.2) is 0 Å². The molecule has 0 aliphatic rings. The zero-order valence-electron chi connectivity index (χ0n) is 14.2. The molecular formula is C19H27ClN2O2. The van der Waals surface area contributed by atoms with Gasteiger partial charge in [-0.05, 0) is 43.5 Å². The highest BCUT2D eigenvalue weighted by atomic mass is 35.5. The fourth-order valence-corrected chi connectivity index (χ4v) is 2.47. The van der Waals surface area contributed by atoms with Crippen molar-refractivity contribution in [3.8, 4) is 5.75 Å². The smallest absolute Gasteiger partial charge is 0.119 e. The maximum atomic E-state index is 10.1. The van der Waals surface area contributed by atoms with Crippen molar-refractivity contribution in [2.45, 2.75) is 32.4 Å². The largest absolute Gasteiger partial charge is 0.491 e. The second kappa shape index (κ2) is 10.2. The number of nitrogens with two attached hydrogens (primary N) is 1. The highest BCUT2D eigenvalue weighted by Crippen LogP contribution is 2.19. The summed E-state index contributed by atoms with van der Waals surface area (Å²) in [5.74, 6) is 0.743. The molecule has 5 heteroatoms. The zero-order valence-corrected chi connectivity index (χ0v) is 15.1. The Labute approximate surface area is 150 Å². The molecule has 4 N–H and O–H groups in total. The molecule has 2 aromatic carbocycles. The lowest BCUT2D eigenvalue weighted by atomic mass is 10.1. The van der Waals surface area contributed by atoms with Crippen LogP contribution in [0.4, 0.5) is 5.69 Å². The third-order valence-electron chi connectivity index (χ3n) is 3.92. The van der Waals surface area contributed by atoms with Gasteiger partial charge in [0, 0.05) is 18.3 Å². The van der Waals surface area contributed by atoms with Gasteiger partial charge in [-0.1, -0.05) is 36.4 Å². The van der Waals surface area contributed by atoms with Crippen molar-refractivity contribution < 1.29 is 9.84 Å². The van der Waals surface area contributed by atoms with Crippen LogP contribution in [-0.2, 0) is 0 Å². The Kier molecular flexibility index (Phi) is 8.61. The van der Waals surface area contributed by atoms with E-state index in [2.05, 4.69) is 31.3 Å². The Morgan fingerprint density at radius 3 is 2.29 bits per heavy atom. The fourth-order valence-electron chi connectivity index (χ4n) is 2.47. The first kappa shape index (κ1) is 20.3. The Balaban J connectivity index is 0.00000288. The van der Waals surface area contributed by atoms with Gasteiger partial charge in [0.1, 0.15) is 18.5 Å². The molecule has 0 aliphatic carbocycles. The fraction of sp³-hybridized carbons (Fsp3) is 0.368. The normalized spacial score (nSPS) is 12.8. The monoisotopic (exact) mass is 350 g/mol. The number of hydrogen-bond donors (Lipinski definition) is 3. The summed E-state index contributed by atoms with van der Waals surface area (Å²) in [5.41, 5.74) is 9.63. The van der Waals surface area contributed by atoms with Crippen molar-refractivity contribution in [3.05, 3.63) is 59.7 Å². The van der Waals surface area contributed by atoms with Crippen molar-refractivity contribution in [1.82, 2.24) is 0 Å². The number of aliphatic hydroxyl groups excluding tert-OH is 1. The molecule has 2 rings (SSSR count). The number of aryl methyl sites for hydroxylation is 2. The Hall–Kier alpha value is -1.75. The molecule has 0 radical (unpaired) electrons. The number of anilines is 1. The molecule has 4 nitrogen and oxygen atoms in total. The van der Waals surface area contributed by atoms with E-state index in [1.54, 1.807) is 0 Å². The standard InChI is InChI=1S/C19H26N2O2.ClH/c1-14-7-6-8-15(2)19(14)21-12-11-17(20)18(22)13-23-16-9-4-3-5-10-16;/h3-10,17-18,21-22H,11-13,20H2,1-2H3;1H. The molecule has 0 spiro atoms. The van der Waals surface area contributed by atoms with Crippen molar-refractivity contribution in [1.29, 1.82) is 0 Å². The van der Waals surface area contributed by atoms with E-state index in [9.17, 15) is 5.11 Å². The second-order valence-electron chi connectivity index (χ2n) is 5.84. The maximum Gasteiger partial charge on any atom is 0.119 e. The second-order valence-corrected chi connectivity index (χ2v) is 5.84. The Morgan fingerprint density at radius 2 is 1.67 bits per heavy atom. The van der Waals surface area contributed by atoms with Crippen molar-refractivity contribution in [3.63, 3.8) is 0 Å². The topological polar surface area (TPSA) is 67.5 Å². The molecule has 0 amide bonds. The van der Waals surface area contributed by atoms with Gasteiger partial charge in [-0.15, -0.1) is 12.4 Å². The first-order chi connectivity index (χ1) is 11.1. The lowest BCUT2D eigenvalue weighted by Gasteiger charge is -2.20. The average Bonchev–Trinajstić information content (AvgIpc) is 2.56. The van der Waals surface area contributed by atoms with Crippen LogP contribution < -0.4 is 15.8 Å². The predicted octanol–water partition coefficient (Wildman–Crippen LogP) is 3.29. The predicted molar refractivity (Wildman–Crippen MR) is 102 cm³/mol. The third-order valence-corrected chi connectivity index (χ3v) is 3.92. The van der Waals surface area contributed by atoms with Gasteiger partial charge >= 0.3 is 0 Å². The lowest BCUT2D eigenvalue weighted by Crippen LogP contribution is -2.40. The summed E-state index contributed by atoms with van der Waals surface area (Å²) in [6, 6.07) is 15.3. The van der Waals surface area contributed by atoms with E-state index in [4.69, 9.17) is 10.5 Å². The van der Waals surface area contributed by atoms with Crippen molar-refractivity contribution in [2.75, 3.05) is 18.5 Å². The molecule has 2 atom stereocenters. The van der Waals surface area contributed by atoms with Crippen LogP contribution in [0.1, 0.15) is 17.5 Å². The number of para-hydroxylation sites is 2. The molecule has 0 aliphatic heterocycles. The zero-order chi connectivity index (χ0) is 16.7. The molecule has 24 heavy (non-hydrogen) atoms. The van der Waals surface area contributed by atoms with Gasteiger partial charge in [-0.25, -0.2) is 0 Å². The van der Waals surface area contributed by atoms with E-state index in [0.717, 1.165) is 18.0 Å². The number of nitrogens with one attached hydrogen (secondary N) is 1. The SMILES string of the molecule is Cc1cccc(C)c1NCCC(N)C(O)COc1ccccc1.Cl. The molecule has 0 aromatic heterocycles. The minimum absolute atomic E-state index is 0. The molecule has 0 saturated carbocycles. The maximum absolute atomic E-state index is 10.1. The van der Waals surface area contributed by atoms with E-state index < -0.39 is 6.10 Å². The Morgan fingerprint density at radius 1 is 1.04 bits per heavy atom. The van der Waals surface area contributed by atoms with Crippen LogP contribution in [0.5, 0.6) is 5.75 Å². The summed E-state index contributed by atoms with van der Waals surface area (Å²) in [6.07, 6.45) is -0.0115. The number of aliphatic hydroxyl groups is 1. The van der Waals surface area contributed by atoms with E-state index in [0.29, 0.717) is 6.42 Å². The Bertz CT molecular complexity index is 587. The van der Waals surface area contributed by atoms with E-state index in [-0.39, 0.29) is 25.1 Å². The van der Waals surface area contributed by atoms with Crippen LogP contribution in [0.2, 0.25) is 0 Å². The lowest BCUT2D eigenvalue weighted by molar-refractivity contribution is 0.0836. The minimum Gasteiger partial charge on any atom is -0.491 e. The number of rotatable bonds is 8. The third kappa shape index (κ3) is 6.04. The van der Waals surface area contributed by atoms with Crippen molar-refractivity contribution >= 4 is 18.1 Å². The van der Waals surface area contributed by atoms with Crippen LogP contribution in [0.25, 0.3) is 0 Å². The van der Waals surface area contributed by atoms with E-state index >= 15 is 0 Å². The van der Waals surface area contributed by atoms with Crippen LogP contribution in [-0.4, -0.2) is 30.4 Å². The summed E-state index contributed by atoms with van der Waals surface area (Å²) in [4.78, 5) is 0. The molecular weight excluding hydrogens is 324 g/mol. The van der Waals surface area contributed by atoms with Crippen molar-refractivity contribution in [2.24, 2.45) is 5.73 Å². The van der Waals surface area contributed by atoms with Gasteiger partial charge in [-0.3, -0.25) is 0 Å². The first-order valence-corrected chi connectivity index (χ1v) is 7.99. The summed E-state index contributed by atoms with van der Waals surface area (Å²) in [7, 11) is 0. The van der Waals surface area contributed by atoms with Gasteiger partial charge in [0.05, 0.1) is 0 Å². The van der Waals surface area contributed by atoms with Crippen LogP contribution in [0, 0.1) is 13.8 Å².